The summed E-state index contributed by atoms with van der Waals surface area (Å²) in [7, 11) is 1.51. The van der Waals surface area contributed by atoms with Gasteiger partial charge in [-0.3, -0.25) is 4.79 Å². The highest BCUT2D eigenvalue weighted by atomic mass is 19.1. The number of nitrogens with zero attached hydrogens (tertiary/aromatic N) is 2. The molecule has 0 aliphatic carbocycles. The molecule has 0 saturated carbocycles. The average Bonchev–Trinajstić information content (AvgIpc) is 3.17. The van der Waals surface area contributed by atoms with Crippen LogP contribution in [0.2, 0.25) is 0 Å². The van der Waals surface area contributed by atoms with Crippen LogP contribution in [0.5, 0.6) is 5.75 Å². The molecule has 9 heteroatoms. The third-order valence-corrected chi connectivity index (χ3v) is 5.34. The zero-order valence-corrected chi connectivity index (χ0v) is 18.4. The van der Waals surface area contributed by atoms with Gasteiger partial charge < -0.3 is 14.9 Å². The second-order valence-electron chi connectivity index (χ2n) is 7.66. The van der Waals surface area contributed by atoms with E-state index in [1.54, 1.807) is 30.3 Å². The summed E-state index contributed by atoms with van der Waals surface area (Å²) in [6.07, 6.45) is 1.83. The van der Waals surface area contributed by atoms with Crippen molar-refractivity contribution in [2.24, 2.45) is 5.10 Å². The lowest BCUT2D eigenvalue weighted by molar-refractivity contribution is -0.129. The van der Waals surface area contributed by atoms with Crippen molar-refractivity contribution in [2.75, 3.05) is 12.1 Å². The van der Waals surface area contributed by atoms with Crippen LogP contribution in [0.1, 0.15) is 27.0 Å². The fraction of sp³-hybridized carbons (Fsp3) is 0.0769. The first-order valence-corrected chi connectivity index (χ1v) is 10.4. The van der Waals surface area contributed by atoms with Crippen LogP contribution in [-0.4, -0.2) is 40.9 Å². The summed E-state index contributed by atoms with van der Waals surface area (Å²) in [6, 6.07) is 16.6. The minimum absolute atomic E-state index is 0.0691. The molecule has 1 amide bonds. The zero-order chi connectivity index (χ0) is 25.1. The normalized spacial score (nSPS) is 14.2. The Hall–Kier alpha value is -4.79. The lowest BCUT2D eigenvalue weighted by Gasteiger charge is -2.12. The average molecular weight is 474 g/mol. The highest BCUT2D eigenvalue weighted by Crippen LogP contribution is 2.28. The van der Waals surface area contributed by atoms with E-state index in [0.29, 0.717) is 17.7 Å². The number of carbonyl (C=O) groups excluding carboxylic acids is 1. The third-order valence-electron chi connectivity index (χ3n) is 5.34. The number of hydrogen-bond acceptors (Lipinski definition) is 5. The number of amides is 1. The number of anilines is 1. The quantitative estimate of drug-likeness (QED) is 0.500. The van der Waals surface area contributed by atoms with Gasteiger partial charge in [-0.2, -0.15) is 10.1 Å². The Kier molecular flexibility index (Phi) is 6.41. The minimum Gasteiger partial charge on any atom is -0.496 e. The van der Waals surface area contributed by atoms with E-state index >= 15 is 0 Å². The number of ether oxygens (including phenoxy) is 1. The highest BCUT2D eigenvalue weighted by Gasteiger charge is 2.35. The maximum absolute atomic E-state index is 13.3. The molecule has 176 valence electrons. The summed E-state index contributed by atoms with van der Waals surface area (Å²) in [4.78, 5) is 36.2. The Morgan fingerprint density at radius 1 is 1.03 bits per heavy atom. The van der Waals surface area contributed by atoms with Crippen molar-refractivity contribution in [3.63, 3.8) is 0 Å². The number of hydrogen-bond donors (Lipinski definition) is 2. The number of benzene rings is 3. The van der Waals surface area contributed by atoms with Crippen molar-refractivity contribution in [3.05, 3.63) is 100 Å². The predicted octanol–water partition coefficient (Wildman–Crippen LogP) is 3.99. The molecule has 3 aromatic carbocycles. The van der Waals surface area contributed by atoms with Gasteiger partial charge in [0.1, 0.15) is 11.6 Å². The van der Waals surface area contributed by atoms with E-state index in [0.717, 1.165) is 16.1 Å². The molecule has 0 unspecified atom stereocenters. The summed E-state index contributed by atoms with van der Waals surface area (Å²) in [5.74, 6) is -3.07. The van der Waals surface area contributed by atoms with Gasteiger partial charge >= 0.3 is 11.9 Å². The molecular weight excluding hydrogens is 455 g/mol. The first kappa shape index (κ1) is 23.4. The Morgan fingerprint density at radius 3 is 2.43 bits per heavy atom. The number of rotatable bonds is 7. The largest absolute Gasteiger partial charge is 0.496 e. The lowest BCUT2D eigenvalue weighted by Crippen LogP contribution is -2.22. The van der Waals surface area contributed by atoms with E-state index < -0.39 is 23.6 Å². The van der Waals surface area contributed by atoms with Crippen LogP contribution >= 0.6 is 0 Å². The van der Waals surface area contributed by atoms with E-state index in [1.165, 1.54) is 49.6 Å². The molecule has 1 aliphatic heterocycles. The number of aliphatic carboxylic acids is 1. The van der Waals surface area contributed by atoms with Crippen molar-refractivity contribution >= 4 is 35.3 Å². The smallest absolute Gasteiger partial charge is 0.357 e. The standard InChI is InChI=1S/C26H19FN2O6/c1-35-22-10-7-16(12-18(22)11-15-5-8-19(27)9-6-15)13-21-23(26(33)34)28-29(24(21)30)20-4-2-3-17(14-20)25(31)32/h2-10,12-14H,11H2,1H3,(H,31,32)(H,33,34)/b21-13-. The van der Waals surface area contributed by atoms with Gasteiger partial charge in [-0.05, 0) is 65.2 Å². The van der Waals surface area contributed by atoms with E-state index in [9.17, 15) is 29.0 Å². The molecule has 0 aromatic heterocycles. The SMILES string of the molecule is COc1ccc(/C=C2\C(=O)N(c3cccc(C(=O)O)c3)N=C2C(=O)O)cc1Cc1ccc(F)cc1. The van der Waals surface area contributed by atoms with Crippen molar-refractivity contribution < 1.29 is 33.7 Å². The van der Waals surface area contributed by atoms with Crippen molar-refractivity contribution in [2.45, 2.75) is 6.42 Å². The molecule has 8 nitrogen and oxygen atoms in total. The van der Waals surface area contributed by atoms with E-state index in [1.807, 2.05) is 0 Å². The number of carboxylic acids is 2. The van der Waals surface area contributed by atoms with E-state index in [4.69, 9.17) is 4.74 Å². The van der Waals surface area contributed by atoms with Gasteiger partial charge in [-0.15, -0.1) is 0 Å². The van der Waals surface area contributed by atoms with Crippen molar-refractivity contribution in [1.82, 2.24) is 0 Å². The molecule has 0 fully saturated rings. The van der Waals surface area contributed by atoms with Gasteiger partial charge in [-0.1, -0.05) is 24.3 Å². The number of methoxy groups -OCH3 is 1. The first-order valence-electron chi connectivity index (χ1n) is 10.4. The first-order chi connectivity index (χ1) is 16.8. The summed E-state index contributed by atoms with van der Waals surface area (Å²) in [5, 5.41) is 23.7. The summed E-state index contributed by atoms with van der Waals surface area (Å²) in [5.41, 5.74) is 1.55. The molecule has 0 spiro atoms. The molecule has 1 heterocycles. The fourth-order valence-electron chi connectivity index (χ4n) is 3.66. The Morgan fingerprint density at radius 2 is 1.77 bits per heavy atom. The molecule has 4 rings (SSSR count). The molecular formula is C26H19FN2O6. The molecule has 35 heavy (non-hydrogen) atoms. The zero-order valence-electron chi connectivity index (χ0n) is 18.4. The van der Waals surface area contributed by atoms with Crippen LogP contribution < -0.4 is 9.75 Å². The summed E-state index contributed by atoms with van der Waals surface area (Å²) < 4.78 is 18.7. The minimum atomic E-state index is -1.40. The van der Waals surface area contributed by atoms with Crippen LogP contribution in [0.15, 0.2) is 77.4 Å². The van der Waals surface area contributed by atoms with Gasteiger partial charge in [0.25, 0.3) is 5.91 Å². The van der Waals surface area contributed by atoms with Crippen LogP contribution in [0, 0.1) is 5.82 Å². The monoisotopic (exact) mass is 474 g/mol. The number of carbonyl (C=O) groups is 3. The number of hydrazone groups is 1. The summed E-state index contributed by atoms with van der Waals surface area (Å²) in [6.45, 7) is 0. The van der Waals surface area contributed by atoms with Gasteiger partial charge in [0, 0.05) is 6.42 Å². The topological polar surface area (TPSA) is 117 Å². The summed E-state index contributed by atoms with van der Waals surface area (Å²) >= 11 is 0. The van der Waals surface area contributed by atoms with Crippen LogP contribution in [0.4, 0.5) is 10.1 Å². The maximum atomic E-state index is 13.3. The van der Waals surface area contributed by atoms with E-state index in [-0.39, 0.29) is 22.6 Å². The van der Waals surface area contributed by atoms with Crippen molar-refractivity contribution in [1.29, 1.82) is 0 Å². The van der Waals surface area contributed by atoms with Crippen LogP contribution in [-0.2, 0) is 16.0 Å². The maximum Gasteiger partial charge on any atom is 0.357 e. The molecule has 0 atom stereocenters. The predicted molar refractivity (Wildman–Crippen MR) is 126 cm³/mol. The van der Waals surface area contributed by atoms with Gasteiger partial charge in [-0.25, -0.2) is 14.0 Å². The number of carboxylic acid groups (broad SMARTS) is 2. The van der Waals surface area contributed by atoms with Crippen LogP contribution in [0.25, 0.3) is 6.08 Å². The van der Waals surface area contributed by atoms with E-state index in [2.05, 4.69) is 5.10 Å². The molecule has 0 bridgehead atoms. The lowest BCUT2D eigenvalue weighted by atomic mass is 9.99. The van der Waals surface area contributed by atoms with Crippen molar-refractivity contribution in [3.8, 4) is 5.75 Å². The molecule has 3 aromatic rings. The molecule has 1 aliphatic rings. The third kappa shape index (κ3) is 4.93. The number of aromatic carboxylic acids is 1. The second-order valence-corrected chi connectivity index (χ2v) is 7.66. The Bertz CT molecular complexity index is 1400. The number of halogens is 1. The molecule has 2 N–H and O–H groups in total. The second kappa shape index (κ2) is 9.60. The van der Waals surface area contributed by atoms with Gasteiger partial charge in [0.2, 0.25) is 0 Å². The molecule has 0 saturated heterocycles. The fourth-order valence-corrected chi connectivity index (χ4v) is 3.66. The van der Waals surface area contributed by atoms with Gasteiger partial charge in [0.05, 0.1) is 23.9 Å². The Balaban J connectivity index is 1.71. The molecule has 0 radical (unpaired) electrons. The highest BCUT2D eigenvalue weighted by molar-refractivity contribution is 6.53. The van der Waals surface area contributed by atoms with Gasteiger partial charge in [0.15, 0.2) is 5.71 Å². The van der Waals surface area contributed by atoms with Crippen LogP contribution in [0.3, 0.4) is 0 Å². The Labute approximate surface area is 199 Å².